The maximum Gasteiger partial charge on any atom is 0.251 e. The minimum atomic E-state index is -0.0717. The van der Waals surface area contributed by atoms with Crippen molar-refractivity contribution in [2.45, 2.75) is 53.0 Å². The second-order valence-corrected chi connectivity index (χ2v) is 10.2. The average Bonchev–Trinajstić information content (AvgIpc) is 3.41. The molecule has 0 atom stereocenters. The van der Waals surface area contributed by atoms with E-state index in [1.165, 1.54) is 0 Å². The van der Waals surface area contributed by atoms with Gasteiger partial charge in [0.25, 0.3) is 5.91 Å². The molecular weight excluding hydrogens is 456 g/mol. The highest BCUT2D eigenvalue weighted by molar-refractivity contribution is 7.23. The zero-order valence-electron chi connectivity index (χ0n) is 21.0. The van der Waals surface area contributed by atoms with Crippen molar-refractivity contribution in [1.29, 1.82) is 0 Å². The first-order chi connectivity index (χ1) is 16.9. The number of ketones is 1. The fourth-order valence-corrected chi connectivity index (χ4v) is 5.30. The third-order valence-corrected chi connectivity index (χ3v) is 7.32. The molecule has 4 rings (SSSR count). The Hall–Kier alpha value is -3.03. The molecule has 0 saturated carbocycles. The van der Waals surface area contributed by atoms with Crippen molar-refractivity contribution in [2.75, 3.05) is 19.6 Å². The van der Waals surface area contributed by atoms with Gasteiger partial charge in [0.1, 0.15) is 0 Å². The third kappa shape index (κ3) is 5.80. The quantitative estimate of drug-likeness (QED) is 0.205. The maximum atomic E-state index is 12.7. The van der Waals surface area contributed by atoms with Gasteiger partial charge >= 0.3 is 0 Å². The van der Waals surface area contributed by atoms with E-state index in [4.69, 9.17) is 4.98 Å². The molecule has 0 aliphatic carbocycles. The van der Waals surface area contributed by atoms with Gasteiger partial charge < -0.3 is 10.2 Å². The normalized spacial score (nSPS) is 11.7. The van der Waals surface area contributed by atoms with E-state index in [0.29, 0.717) is 12.0 Å². The fourth-order valence-electron chi connectivity index (χ4n) is 4.26. The maximum absolute atomic E-state index is 12.7. The summed E-state index contributed by atoms with van der Waals surface area (Å²) in [6.45, 7) is 11.4. The fraction of sp³-hybridized carbons (Fsp3) is 0.393. The second-order valence-electron chi connectivity index (χ2n) is 9.18. The highest BCUT2D eigenvalue weighted by Gasteiger charge is 2.14. The van der Waals surface area contributed by atoms with Crippen molar-refractivity contribution in [3.05, 3.63) is 59.8 Å². The van der Waals surface area contributed by atoms with Gasteiger partial charge in [0.2, 0.25) is 0 Å². The molecule has 0 fully saturated rings. The number of fused-ring (bicyclic) bond motifs is 3. The van der Waals surface area contributed by atoms with Crippen molar-refractivity contribution in [3.63, 3.8) is 0 Å². The summed E-state index contributed by atoms with van der Waals surface area (Å²) < 4.78 is 3.14. The van der Waals surface area contributed by atoms with Crippen LogP contribution in [0.25, 0.3) is 26.4 Å². The van der Waals surface area contributed by atoms with E-state index in [0.717, 1.165) is 64.5 Å². The van der Waals surface area contributed by atoms with Crippen molar-refractivity contribution in [1.82, 2.24) is 19.6 Å². The predicted molar refractivity (Wildman–Crippen MR) is 145 cm³/mol. The van der Waals surface area contributed by atoms with E-state index >= 15 is 0 Å². The Balaban J connectivity index is 1.45. The highest BCUT2D eigenvalue weighted by Crippen LogP contribution is 2.30. The summed E-state index contributed by atoms with van der Waals surface area (Å²) >= 11 is 1.59. The Kier molecular flexibility index (Phi) is 7.98. The molecule has 7 heteroatoms. The van der Waals surface area contributed by atoms with Crippen LogP contribution < -0.4 is 5.32 Å². The second kappa shape index (κ2) is 11.1. The van der Waals surface area contributed by atoms with Gasteiger partial charge in [-0.2, -0.15) is 0 Å². The van der Waals surface area contributed by atoms with Gasteiger partial charge in [-0.15, -0.1) is 0 Å². The number of hydrogen-bond acceptors (Lipinski definition) is 5. The van der Waals surface area contributed by atoms with Crippen LogP contribution in [0, 0.1) is 0 Å². The summed E-state index contributed by atoms with van der Waals surface area (Å²) in [4.78, 5) is 33.0. The van der Waals surface area contributed by atoms with Crippen LogP contribution in [0.3, 0.4) is 0 Å². The lowest BCUT2D eigenvalue weighted by Gasteiger charge is -2.17. The molecule has 0 aliphatic heterocycles. The molecule has 6 nitrogen and oxygen atoms in total. The Labute approximate surface area is 211 Å². The number of thiazole rings is 1. The van der Waals surface area contributed by atoms with E-state index in [2.05, 4.69) is 28.5 Å². The van der Waals surface area contributed by atoms with Crippen LogP contribution in [-0.4, -0.2) is 51.7 Å². The molecule has 0 radical (unpaired) electrons. The van der Waals surface area contributed by atoms with Crippen LogP contribution in [0.5, 0.6) is 0 Å². The van der Waals surface area contributed by atoms with Crippen LogP contribution in [0.1, 0.15) is 67.7 Å². The van der Waals surface area contributed by atoms with Crippen molar-refractivity contribution in [2.24, 2.45) is 0 Å². The molecular formula is C28H34N4O2S. The Bertz CT molecular complexity index is 1320. The third-order valence-electron chi connectivity index (χ3n) is 6.30. The lowest BCUT2D eigenvalue weighted by Crippen LogP contribution is -2.29. The molecule has 0 saturated heterocycles. The van der Waals surface area contributed by atoms with Crippen LogP contribution in [-0.2, 0) is 0 Å². The number of nitrogens with zero attached hydrogens (tertiary/aromatic N) is 3. The number of hydrogen-bond donors (Lipinski definition) is 1. The number of carbonyl (C=O) groups is 2. The molecule has 0 bridgehead atoms. The molecule has 2 aromatic carbocycles. The summed E-state index contributed by atoms with van der Waals surface area (Å²) in [6.07, 6.45) is 4.58. The first-order valence-corrected chi connectivity index (χ1v) is 13.3. The molecule has 2 aromatic heterocycles. The van der Waals surface area contributed by atoms with Crippen molar-refractivity contribution >= 4 is 38.2 Å². The number of unbranched alkanes of at least 4 members (excludes halogenated alkanes) is 1. The molecule has 2 heterocycles. The molecule has 4 aromatic rings. The number of imidazole rings is 1. The lowest BCUT2D eigenvalue weighted by atomic mass is 10.1. The van der Waals surface area contributed by atoms with E-state index in [-0.39, 0.29) is 17.7 Å². The number of benzene rings is 2. The number of rotatable bonds is 11. The van der Waals surface area contributed by atoms with Gasteiger partial charge in [0.05, 0.1) is 15.9 Å². The zero-order chi connectivity index (χ0) is 24.9. The predicted octanol–water partition coefficient (Wildman–Crippen LogP) is 6.05. The van der Waals surface area contributed by atoms with Gasteiger partial charge in [-0.1, -0.05) is 37.3 Å². The topological polar surface area (TPSA) is 66.7 Å². The number of aromatic nitrogens is 2. The molecule has 0 unspecified atom stereocenters. The Morgan fingerprint density at radius 1 is 1.03 bits per heavy atom. The summed E-state index contributed by atoms with van der Waals surface area (Å²) in [5.41, 5.74) is 4.29. The molecule has 184 valence electrons. The van der Waals surface area contributed by atoms with Crippen LogP contribution >= 0.6 is 11.3 Å². The monoisotopic (exact) mass is 490 g/mol. The summed E-state index contributed by atoms with van der Waals surface area (Å²) in [6, 6.07) is 13.6. The first kappa shape index (κ1) is 25.1. The minimum Gasteiger partial charge on any atom is -0.350 e. The number of amides is 1. The molecule has 35 heavy (non-hydrogen) atoms. The van der Waals surface area contributed by atoms with Gasteiger partial charge in [-0.05, 0) is 76.7 Å². The van der Waals surface area contributed by atoms with Gasteiger partial charge in [0.15, 0.2) is 10.7 Å². The van der Waals surface area contributed by atoms with Gasteiger partial charge in [-0.25, -0.2) is 4.98 Å². The lowest BCUT2D eigenvalue weighted by molar-refractivity contribution is 0.0941. The molecule has 1 amide bonds. The minimum absolute atomic E-state index is 0.0717. The Morgan fingerprint density at radius 3 is 2.43 bits per heavy atom. The summed E-state index contributed by atoms with van der Waals surface area (Å²) in [5, 5.41) is 2.91. The van der Waals surface area contributed by atoms with Crippen molar-refractivity contribution < 1.29 is 9.59 Å². The van der Waals surface area contributed by atoms with Gasteiger partial charge in [-0.3, -0.25) is 14.0 Å². The van der Waals surface area contributed by atoms with E-state index in [1.807, 2.05) is 62.5 Å². The van der Waals surface area contributed by atoms with E-state index in [9.17, 15) is 9.59 Å². The largest absolute Gasteiger partial charge is 0.350 e. The van der Waals surface area contributed by atoms with Crippen molar-refractivity contribution in [3.8, 4) is 11.3 Å². The van der Waals surface area contributed by atoms with E-state index < -0.39 is 0 Å². The molecule has 0 aliphatic rings. The highest BCUT2D eigenvalue weighted by atomic mass is 32.1. The number of carbonyl (C=O) groups excluding carboxylic acids is 2. The SMILES string of the molecule is CCN(CC)CCCCC(=O)c1ccc2c(c1)sc1nc(-c3ccc(C(=O)NC(C)C)cc3)cn12. The van der Waals surface area contributed by atoms with Crippen LogP contribution in [0.2, 0.25) is 0 Å². The Morgan fingerprint density at radius 2 is 1.74 bits per heavy atom. The average molecular weight is 491 g/mol. The van der Waals surface area contributed by atoms with Gasteiger partial charge in [0, 0.05) is 35.3 Å². The number of Topliss-reactive ketones (excluding diaryl/α,β-unsaturated/α-hetero) is 1. The summed E-state index contributed by atoms with van der Waals surface area (Å²) in [7, 11) is 0. The smallest absolute Gasteiger partial charge is 0.251 e. The molecule has 1 N–H and O–H groups in total. The zero-order valence-corrected chi connectivity index (χ0v) is 21.8. The van der Waals surface area contributed by atoms with Crippen LogP contribution in [0.15, 0.2) is 48.7 Å². The first-order valence-electron chi connectivity index (χ1n) is 12.5. The summed E-state index contributed by atoms with van der Waals surface area (Å²) in [5.74, 6) is 0.136. The van der Waals surface area contributed by atoms with Crippen LogP contribution in [0.4, 0.5) is 0 Å². The number of nitrogens with one attached hydrogen (secondary N) is 1. The molecule has 0 spiro atoms. The standard InChI is InChI=1S/C28H34N4O2S/c1-5-31(6-2)16-8-7-9-25(33)22-14-15-24-26(17-22)35-28-30-23(18-32(24)28)20-10-12-21(13-11-20)27(34)29-19(3)4/h10-15,17-19H,5-9,16H2,1-4H3,(H,29,34). The van der Waals surface area contributed by atoms with E-state index in [1.54, 1.807) is 11.3 Å².